The molecule has 2 aromatic carbocycles. The largest absolute Gasteiger partial charge is 0.365 e. The zero-order chi connectivity index (χ0) is 20.3. The van der Waals surface area contributed by atoms with Crippen molar-refractivity contribution in [2.24, 2.45) is 10.9 Å². The highest BCUT2D eigenvalue weighted by Crippen LogP contribution is 2.26. The summed E-state index contributed by atoms with van der Waals surface area (Å²) >= 11 is 5.87. The summed E-state index contributed by atoms with van der Waals surface area (Å²) in [5, 5.41) is 11.3. The lowest BCUT2D eigenvalue weighted by atomic mass is 10.2. The van der Waals surface area contributed by atoms with Gasteiger partial charge in [0.05, 0.1) is 16.3 Å². The first-order chi connectivity index (χ1) is 13.3. The van der Waals surface area contributed by atoms with Crippen molar-refractivity contribution in [2.75, 3.05) is 10.6 Å². The van der Waals surface area contributed by atoms with Gasteiger partial charge in [0.2, 0.25) is 5.95 Å². The fourth-order valence-electron chi connectivity index (χ4n) is 2.30. The van der Waals surface area contributed by atoms with Crippen LogP contribution >= 0.6 is 11.6 Å². The first-order valence-corrected chi connectivity index (χ1v) is 9.35. The molecule has 28 heavy (non-hydrogen) atoms. The number of benzene rings is 2. The number of amides is 1. The molecule has 1 atom stereocenters. The van der Waals surface area contributed by atoms with E-state index in [0.29, 0.717) is 15.6 Å². The van der Waals surface area contributed by atoms with Crippen molar-refractivity contribution < 1.29 is 13.4 Å². The molecular formula is C17H14ClFN6O2S. The predicted molar refractivity (Wildman–Crippen MR) is 106 cm³/mol. The van der Waals surface area contributed by atoms with Crippen LogP contribution in [0.1, 0.15) is 10.4 Å². The highest BCUT2D eigenvalue weighted by atomic mass is 35.5. The summed E-state index contributed by atoms with van der Waals surface area (Å²) in [7, 11) is -1.78. The number of primary amides is 1. The number of rotatable bonds is 6. The molecule has 144 valence electrons. The van der Waals surface area contributed by atoms with Gasteiger partial charge in [-0.05, 0) is 30.3 Å². The Hall–Kier alpha value is -3.08. The van der Waals surface area contributed by atoms with Crippen molar-refractivity contribution >= 4 is 51.6 Å². The Balaban J connectivity index is 2.00. The molecule has 0 saturated heterocycles. The van der Waals surface area contributed by atoms with E-state index in [4.69, 9.17) is 22.5 Å². The Morgan fingerprint density at radius 2 is 1.89 bits per heavy atom. The van der Waals surface area contributed by atoms with Crippen molar-refractivity contribution in [1.82, 2.24) is 9.97 Å². The van der Waals surface area contributed by atoms with E-state index in [1.807, 2.05) is 0 Å². The first kappa shape index (κ1) is 19.7. The molecule has 1 amide bonds. The summed E-state index contributed by atoms with van der Waals surface area (Å²) in [6, 6.07) is 10.5. The zero-order valence-corrected chi connectivity index (χ0v) is 15.7. The Morgan fingerprint density at radius 1 is 1.14 bits per heavy atom. The van der Waals surface area contributed by atoms with Gasteiger partial charge >= 0.3 is 0 Å². The molecule has 0 aliphatic carbocycles. The van der Waals surface area contributed by atoms with E-state index in [9.17, 15) is 13.4 Å². The molecule has 0 radical (unpaired) electrons. The molecule has 0 saturated carbocycles. The molecule has 0 aliphatic heterocycles. The molecule has 11 heteroatoms. The SMILES string of the molecule is NC(=O)c1cnc(Nc2cc(Cl)ccc2F)nc1Nc1ccccc1S(N)=O. The molecule has 0 aliphatic rings. The molecule has 0 spiro atoms. The molecule has 6 N–H and O–H groups in total. The quantitative estimate of drug-likeness (QED) is 0.484. The molecule has 3 aromatic rings. The van der Waals surface area contributed by atoms with E-state index < -0.39 is 22.7 Å². The van der Waals surface area contributed by atoms with Crippen molar-refractivity contribution in [3.63, 3.8) is 0 Å². The number of para-hydroxylation sites is 1. The van der Waals surface area contributed by atoms with Gasteiger partial charge in [0.1, 0.15) is 28.2 Å². The number of anilines is 4. The van der Waals surface area contributed by atoms with Gasteiger partial charge in [0.25, 0.3) is 5.91 Å². The van der Waals surface area contributed by atoms with Crippen LogP contribution in [0.25, 0.3) is 0 Å². The van der Waals surface area contributed by atoms with Gasteiger partial charge in [-0.3, -0.25) is 4.79 Å². The molecule has 0 fully saturated rings. The second-order valence-corrected chi connectivity index (χ2v) is 6.96. The monoisotopic (exact) mass is 420 g/mol. The zero-order valence-electron chi connectivity index (χ0n) is 14.1. The minimum absolute atomic E-state index is 0.0139. The van der Waals surface area contributed by atoms with Crippen LogP contribution in [-0.4, -0.2) is 20.1 Å². The number of nitrogens with two attached hydrogens (primary N) is 2. The van der Waals surface area contributed by atoms with Gasteiger partial charge in [-0.25, -0.2) is 18.7 Å². The van der Waals surface area contributed by atoms with Crippen LogP contribution < -0.4 is 21.5 Å². The molecular weight excluding hydrogens is 407 g/mol. The summed E-state index contributed by atoms with van der Waals surface area (Å²) in [6.45, 7) is 0. The molecule has 1 aromatic heterocycles. The van der Waals surface area contributed by atoms with Crippen LogP contribution in [0.4, 0.5) is 27.5 Å². The Morgan fingerprint density at radius 3 is 2.61 bits per heavy atom. The minimum atomic E-state index is -1.78. The topological polar surface area (TPSA) is 136 Å². The number of nitrogens with one attached hydrogen (secondary N) is 2. The van der Waals surface area contributed by atoms with Crippen LogP contribution in [0.5, 0.6) is 0 Å². The van der Waals surface area contributed by atoms with E-state index in [1.165, 1.54) is 24.4 Å². The van der Waals surface area contributed by atoms with Gasteiger partial charge in [0.15, 0.2) is 0 Å². The molecule has 1 unspecified atom stereocenters. The fourth-order valence-corrected chi connectivity index (χ4v) is 3.02. The number of halogens is 2. The Bertz CT molecular complexity index is 1080. The van der Waals surface area contributed by atoms with E-state index in [2.05, 4.69) is 20.6 Å². The van der Waals surface area contributed by atoms with Crippen molar-refractivity contribution in [1.29, 1.82) is 0 Å². The van der Waals surface area contributed by atoms with E-state index in [0.717, 1.165) is 0 Å². The summed E-state index contributed by atoms with van der Waals surface area (Å²) in [5.41, 5.74) is 5.77. The van der Waals surface area contributed by atoms with Crippen molar-refractivity contribution in [2.45, 2.75) is 4.90 Å². The Labute approximate surface area is 166 Å². The maximum absolute atomic E-state index is 13.9. The van der Waals surface area contributed by atoms with E-state index in [-0.39, 0.29) is 23.0 Å². The Kier molecular flexibility index (Phi) is 5.83. The summed E-state index contributed by atoms with van der Waals surface area (Å²) in [6.07, 6.45) is 1.18. The van der Waals surface area contributed by atoms with Crippen LogP contribution in [0, 0.1) is 5.82 Å². The highest BCUT2D eigenvalue weighted by molar-refractivity contribution is 7.82. The molecule has 8 nitrogen and oxygen atoms in total. The van der Waals surface area contributed by atoms with Crippen molar-refractivity contribution in [3.8, 4) is 0 Å². The van der Waals surface area contributed by atoms with Crippen LogP contribution in [0.15, 0.2) is 53.6 Å². The third-order valence-electron chi connectivity index (χ3n) is 3.59. The summed E-state index contributed by atoms with van der Waals surface area (Å²) in [5.74, 6) is -1.33. The smallest absolute Gasteiger partial charge is 0.254 e. The first-order valence-electron chi connectivity index (χ1n) is 7.76. The van der Waals surface area contributed by atoms with Crippen molar-refractivity contribution in [3.05, 3.63) is 65.1 Å². The average Bonchev–Trinajstić information content (AvgIpc) is 2.65. The highest BCUT2D eigenvalue weighted by Gasteiger charge is 2.16. The third kappa shape index (κ3) is 4.42. The van der Waals surface area contributed by atoms with Crippen LogP contribution in [-0.2, 0) is 11.0 Å². The lowest BCUT2D eigenvalue weighted by Gasteiger charge is -2.13. The number of hydrogen-bond acceptors (Lipinski definition) is 6. The van der Waals surface area contributed by atoms with E-state index in [1.54, 1.807) is 24.3 Å². The maximum atomic E-state index is 13.9. The fraction of sp³-hybridized carbons (Fsp3) is 0. The van der Waals surface area contributed by atoms with Gasteiger partial charge < -0.3 is 16.4 Å². The van der Waals surface area contributed by atoms with Crippen LogP contribution in [0.2, 0.25) is 5.02 Å². The predicted octanol–water partition coefficient (Wildman–Crippen LogP) is 2.84. The van der Waals surface area contributed by atoms with Crippen LogP contribution in [0.3, 0.4) is 0 Å². The number of aromatic nitrogens is 2. The second-order valence-electron chi connectivity index (χ2n) is 5.49. The van der Waals surface area contributed by atoms with Gasteiger partial charge in [-0.2, -0.15) is 4.98 Å². The van der Waals surface area contributed by atoms with E-state index >= 15 is 0 Å². The van der Waals surface area contributed by atoms with Gasteiger partial charge in [-0.15, -0.1) is 0 Å². The summed E-state index contributed by atoms with van der Waals surface area (Å²) < 4.78 is 25.6. The number of carbonyl (C=O) groups excluding carboxylic acids is 1. The lowest BCUT2D eigenvalue weighted by molar-refractivity contribution is 0.100. The second kappa shape index (κ2) is 8.30. The normalized spacial score (nSPS) is 11.7. The molecule has 3 rings (SSSR count). The number of hydrogen-bond donors (Lipinski definition) is 4. The standard InChI is InChI=1S/C17H14ClFN6O2S/c18-9-5-6-11(19)13(7-9)24-17-22-8-10(15(20)26)16(25-17)23-12-3-1-2-4-14(12)28(21)27/h1-8H,21H2,(H2,20,26)(H2,22,23,24,25). The maximum Gasteiger partial charge on any atom is 0.254 e. The number of nitrogens with zero attached hydrogens (tertiary/aromatic N) is 2. The van der Waals surface area contributed by atoms with Gasteiger partial charge in [0, 0.05) is 11.2 Å². The molecule has 1 heterocycles. The van der Waals surface area contributed by atoms with Gasteiger partial charge in [-0.1, -0.05) is 23.7 Å². The molecule has 0 bridgehead atoms. The summed E-state index contributed by atoms with van der Waals surface area (Å²) in [4.78, 5) is 20.2. The number of carbonyl (C=O) groups is 1. The lowest BCUT2D eigenvalue weighted by Crippen LogP contribution is -2.16. The third-order valence-corrected chi connectivity index (χ3v) is 4.61. The minimum Gasteiger partial charge on any atom is -0.365 e. The average molecular weight is 421 g/mol.